The van der Waals surface area contributed by atoms with Gasteiger partial charge in [-0.25, -0.2) is 8.42 Å². The van der Waals surface area contributed by atoms with Gasteiger partial charge in [0, 0.05) is 11.3 Å². The Morgan fingerprint density at radius 2 is 1.48 bits per heavy atom. The molecule has 0 amide bonds. The maximum Gasteiger partial charge on any atom is 0.261 e. The van der Waals surface area contributed by atoms with Crippen LogP contribution in [0, 0.1) is 0 Å². The van der Waals surface area contributed by atoms with Crippen LogP contribution in [0.3, 0.4) is 0 Å². The van der Waals surface area contributed by atoms with Crippen molar-refractivity contribution in [3.05, 3.63) is 83.9 Å². The number of hydrogen-bond donors (Lipinski definition) is 4. The number of phenolic OH excluding ortho intramolecular Hbond substituents is 3. The molecule has 0 atom stereocenters. The van der Waals surface area contributed by atoms with Gasteiger partial charge in [-0.2, -0.15) is 0 Å². The fourth-order valence-corrected chi connectivity index (χ4v) is 3.51. The Hall–Kier alpha value is -3.78. The average Bonchev–Trinajstić information content (AvgIpc) is 2.69. The Morgan fingerprint density at radius 1 is 0.828 bits per heavy atom. The lowest BCUT2D eigenvalue weighted by Gasteiger charge is -2.08. The zero-order valence-corrected chi connectivity index (χ0v) is 15.8. The zero-order chi connectivity index (χ0) is 21.0. The molecule has 8 heteroatoms. The van der Waals surface area contributed by atoms with Crippen LogP contribution in [0.2, 0.25) is 0 Å². The maximum absolute atomic E-state index is 12.3. The van der Waals surface area contributed by atoms with Crippen molar-refractivity contribution in [1.29, 1.82) is 0 Å². The monoisotopic (exact) mass is 411 g/mol. The van der Waals surface area contributed by atoms with Crippen LogP contribution in [0.25, 0.3) is 6.08 Å². The molecule has 0 heterocycles. The van der Waals surface area contributed by atoms with E-state index < -0.39 is 10.0 Å². The van der Waals surface area contributed by atoms with Crippen molar-refractivity contribution in [2.75, 3.05) is 4.72 Å². The van der Waals surface area contributed by atoms with E-state index in [0.717, 1.165) is 0 Å². The molecule has 3 aromatic carbocycles. The third kappa shape index (κ3) is 4.94. The van der Waals surface area contributed by atoms with Gasteiger partial charge >= 0.3 is 0 Å². The molecule has 0 aliphatic carbocycles. The molecule has 148 valence electrons. The normalized spacial score (nSPS) is 11.4. The van der Waals surface area contributed by atoms with Crippen molar-refractivity contribution in [3.63, 3.8) is 0 Å². The Labute approximate surface area is 167 Å². The third-order valence-electron chi connectivity index (χ3n) is 4.00. The summed E-state index contributed by atoms with van der Waals surface area (Å²) in [6, 6.07) is 15.2. The van der Waals surface area contributed by atoms with Crippen LogP contribution in [0.15, 0.2) is 77.7 Å². The van der Waals surface area contributed by atoms with Crippen molar-refractivity contribution < 1.29 is 28.5 Å². The van der Waals surface area contributed by atoms with Crippen molar-refractivity contribution >= 4 is 27.6 Å². The number of rotatable bonds is 6. The zero-order valence-electron chi connectivity index (χ0n) is 15.0. The van der Waals surface area contributed by atoms with Gasteiger partial charge in [0.25, 0.3) is 10.0 Å². The second-order valence-electron chi connectivity index (χ2n) is 6.12. The SMILES string of the molecule is O=C(/C=C/c1ccc(O)c(O)c1)c1ccc(NS(=O)(=O)c2ccc(O)cc2)cc1. The molecule has 0 saturated heterocycles. The van der Waals surface area contributed by atoms with E-state index in [1.54, 1.807) is 6.07 Å². The minimum absolute atomic E-state index is 0.00413. The van der Waals surface area contributed by atoms with Crippen LogP contribution < -0.4 is 4.72 Å². The fraction of sp³-hybridized carbons (Fsp3) is 0. The highest BCUT2D eigenvalue weighted by molar-refractivity contribution is 7.92. The summed E-state index contributed by atoms with van der Waals surface area (Å²) in [6.45, 7) is 0. The number of sulfonamides is 1. The lowest BCUT2D eigenvalue weighted by molar-refractivity contribution is 0.104. The lowest BCUT2D eigenvalue weighted by Crippen LogP contribution is -2.12. The van der Waals surface area contributed by atoms with Crippen molar-refractivity contribution in [1.82, 2.24) is 0 Å². The number of anilines is 1. The Morgan fingerprint density at radius 3 is 2.10 bits per heavy atom. The summed E-state index contributed by atoms with van der Waals surface area (Å²) in [5, 5.41) is 28.0. The van der Waals surface area contributed by atoms with Gasteiger partial charge in [-0.3, -0.25) is 9.52 Å². The molecular formula is C21H17NO6S. The van der Waals surface area contributed by atoms with Crippen LogP contribution in [0.5, 0.6) is 17.2 Å². The minimum Gasteiger partial charge on any atom is -0.508 e. The molecule has 7 nitrogen and oxygen atoms in total. The van der Waals surface area contributed by atoms with Gasteiger partial charge in [0.2, 0.25) is 0 Å². The molecule has 0 fully saturated rings. The Kier molecular flexibility index (Phi) is 5.56. The minimum atomic E-state index is -3.82. The van der Waals surface area contributed by atoms with Crippen LogP contribution in [0.4, 0.5) is 5.69 Å². The second-order valence-corrected chi connectivity index (χ2v) is 7.80. The summed E-state index contributed by atoms with van der Waals surface area (Å²) >= 11 is 0. The highest BCUT2D eigenvalue weighted by Crippen LogP contribution is 2.25. The third-order valence-corrected chi connectivity index (χ3v) is 5.39. The van der Waals surface area contributed by atoms with E-state index in [2.05, 4.69) is 4.72 Å². The van der Waals surface area contributed by atoms with Crippen molar-refractivity contribution in [3.8, 4) is 17.2 Å². The summed E-state index contributed by atoms with van der Waals surface area (Å²) in [5.74, 6) is -0.892. The summed E-state index contributed by atoms with van der Waals surface area (Å²) < 4.78 is 27.1. The number of hydrogen-bond acceptors (Lipinski definition) is 6. The number of carbonyl (C=O) groups is 1. The standard InChI is InChI=1S/C21H17NO6S/c23-17-7-9-18(10-8-17)29(27,28)22-16-5-3-15(4-6-16)19(24)11-1-14-2-12-20(25)21(26)13-14/h1-13,22-23,25-26H/b11-1+. The van der Waals surface area contributed by atoms with Crippen LogP contribution in [-0.4, -0.2) is 29.5 Å². The number of carbonyl (C=O) groups excluding carboxylic acids is 1. The molecule has 0 unspecified atom stereocenters. The maximum atomic E-state index is 12.3. The molecule has 0 spiro atoms. The fourth-order valence-electron chi connectivity index (χ4n) is 2.45. The predicted octanol–water partition coefficient (Wildman–Crippen LogP) is 3.50. The highest BCUT2D eigenvalue weighted by Gasteiger charge is 2.14. The molecule has 4 N–H and O–H groups in total. The molecule has 3 rings (SSSR count). The van der Waals surface area contributed by atoms with Crippen LogP contribution in [0.1, 0.15) is 15.9 Å². The van der Waals surface area contributed by atoms with E-state index in [4.69, 9.17) is 0 Å². The number of benzene rings is 3. The largest absolute Gasteiger partial charge is 0.508 e. The van der Waals surface area contributed by atoms with E-state index in [1.165, 1.54) is 72.8 Å². The van der Waals surface area contributed by atoms with E-state index >= 15 is 0 Å². The number of aromatic hydroxyl groups is 3. The second kappa shape index (κ2) is 8.07. The first kappa shape index (κ1) is 20.0. The lowest BCUT2D eigenvalue weighted by atomic mass is 10.1. The number of allylic oxidation sites excluding steroid dienone is 1. The average molecular weight is 411 g/mol. The number of ketones is 1. The quantitative estimate of drug-likeness (QED) is 0.280. The highest BCUT2D eigenvalue weighted by atomic mass is 32.2. The molecule has 0 aliphatic rings. The molecule has 0 saturated carbocycles. The topological polar surface area (TPSA) is 124 Å². The molecule has 29 heavy (non-hydrogen) atoms. The molecule has 0 bridgehead atoms. The Bertz CT molecular complexity index is 1170. The molecule has 3 aromatic rings. The van der Waals surface area contributed by atoms with E-state index in [0.29, 0.717) is 11.1 Å². The van der Waals surface area contributed by atoms with Gasteiger partial charge < -0.3 is 15.3 Å². The molecule has 0 aromatic heterocycles. The van der Waals surface area contributed by atoms with Crippen molar-refractivity contribution in [2.24, 2.45) is 0 Å². The summed E-state index contributed by atoms with van der Waals surface area (Å²) in [4.78, 5) is 12.3. The first-order valence-electron chi connectivity index (χ1n) is 8.41. The molecular weight excluding hydrogens is 394 g/mol. The van der Waals surface area contributed by atoms with Gasteiger partial charge in [-0.1, -0.05) is 12.1 Å². The first-order chi connectivity index (χ1) is 13.7. The van der Waals surface area contributed by atoms with E-state index in [-0.39, 0.29) is 33.6 Å². The first-order valence-corrected chi connectivity index (χ1v) is 9.89. The molecule has 0 aliphatic heterocycles. The van der Waals surface area contributed by atoms with Crippen LogP contribution in [-0.2, 0) is 10.0 Å². The van der Waals surface area contributed by atoms with Gasteiger partial charge in [0.15, 0.2) is 17.3 Å². The van der Waals surface area contributed by atoms with Crippen LogP contribution >= 0.6 is 0 Å². The van der Waals surface area contributed by atoms with Crippen molar-refractivity contribution in [2.45, 2.75) is 4.90 Å². The summed E-state index contributed by atoms with van der Waals surface area (Å²) in [6.07, 6.45) is 2.80. The van der Waals surface area contributed by atoms with E-state index in [1.807, 2.05) is 0 Å². The van der Waals surface area contributed by atoms with Gasteiger partial charge in [0.1, 0.15) is 5.75 Å². The number of nitrogens with one attached hydrogen (secondary N) is 1. The van der Waals surface area contributed by atoms with E-state index in [9.17, 15) is 28.5 Å². The summed E-state index contributed by atoms with van der Waals surface area (Å²) in [7, 11) is -3.82. The number of phenols is 3. The van der Waals surface area contributed by atoms with Gasteiger partial charge in [0.05, 0.1) is 4.90 Å². The molecule has 0 radical (unpaired) electrons. The summed E-state index contributed by atoms with van der Waals surface area (Å²) in [5.41, 5.74) is 1.16. The Balaban J connectivity index is 1.70. The predicted molar refractivity (Wildman–Crippen MR) is 108 cm³/mol. The van der Waals surface area contributed by atoms with Gasteiger partial charge in [-0.05, 0) is 72.3 Å². The van der Waals surface area contributed by atoms with Gasteiger partial charge in [-0.15, -0.1) is 0 Å². The smallest absolute Gasteiger partial charge is 0.261 e.